The molecular formula is C12H12ClNO2. The lowest BCUT2D eigenvalue weighted by molar-refractivity contribution is -0.0772. The molecule has 2 rings (SSSR count). The van der Waals surface area contributed by atoms with E-state index >= 15 is 0 Å². The van der Waals surface area contributed by atoms with Gasteiger partial charge in [0.1, 0.15) is 11.5 Å². The van der Waals surface area contributed by atoms with Crippen LogP contribution in [0.1, 0.15) is 5.76 Å². The van der Waals surface area contributed by atoms with Crippen LogP contribution in [0, 0.1) is 0 Å². The normalized spacial score (nSPS) is 11.0. The average Bonchev–Trinajstić information content (AvgIpc) is 2.66. The molecule has 1 aromatic carbocycles. The van der Waals surface area contributed by atoms with Crippen LogP contribution in [0.25, 0.3) is 11.3 Å². The van der Waals surface area contributed by atoms with Crippen LogP contribution < -0.4 is 0 Å². The van der Waals surface area contributed by atoms with E-state index in [-0.39, 0.29) is 0 Å². The molecule has 4 heteroatoms. The molecule has 0 aliphatic rings. The molecule has 0 amide bonds. The maximum absolute atomic E-state index is 9.08. The van der Waals surface area contributed by atoms with Crippen LogP contribution in [0.2, 0.25) is 5.02 Å². The number of halogens is 1. The van der Waals surface area contributed by atoms with Gasteiger partial charge in [0.15, 0.2) is 0 Å². The number of furan rings is 1. The van der Waals surface area contributed by atoms with Crippen molar-refractivity contribution in [3.63, 3.8) is 0 Å². The summed E-state index contributed by atoms with van der Waals surface area (Å²) in [6.07, 6.45) is 0. The third-order valence-electron chi connectivity index (χ3n) is 2.18. The third-order valence-corrected chi connectivity index (χ3v) is 2.43. The van der Waals surface area contributed by atoms with Crippen molar-refractivity contribution in [1.29, 1.82) is 0 Å². The zero-order chi connectivity index (χ0) is 11.5. The second-order valence-corrected chi connectivity index (χ2v) is 4.03. The SMILES string of the molecule is CN(O)Cc1ccc(-c2ccc(Cl)cc2)o1. The Labute approximate surface area is 98.8 Å². The predicted octanol–water partition coefficient (Wildman–Crippen LogP) is 3.42. The Morgan fingerprint density at radius 3 is 2.50 bits per heavy atom. The molecular weight excluding hydrogens is 226 g/mol. The molecule has 0 saturated heterocycles. The van der Waals surface area contributed by atoms with Gasteiger partial charge in [-0.05, 0) is 36.4 Å². The molecule has 84 valence electrons. The predicted molar refractivity (Wildman–Crippen MR) is 62.4 cm³/mol. The maximum atomic E-state index is 9.08. The first-order chi connectivity index (χ1) is 7.65. The summed E-state index contributed by atoms with van der Waals surface area (Å²) in [5.74, 6) is 1.49. The summed E-state index contributed by atoms with van der Waals surface area (Å²) in [6.45, 7) is 0.369. The highest BCUT2D eigenvalue weighted by Crippen LogP contribution is 2.24. The van der Waals surface area contributed by atoms with Crippen LogP contribution in [0.15, 0.2) is 40.8 Å². The van der Waals surface area contributed by atoms with Crippen molar-refractivity contribution in [1.82, 2.24) is 5.06 Å². The van der Waals surface area contributed by atoms with Crippen LogP contribution in [0.3, 0.4) is 0 Å². The molecule has 0 atom stereocenters. The van der Waals surface area contributed by atoms with E-state index in [1.807, 2.05) is 36.4 Å². The summed E-state index contributed by atoms with van der Waals surface area (Å²) >= 11 is 5.80. The minimum Gasteiger partial charge on any atom is -0.460 e. The zero-order valence-corrected chi connectivity index (χ0v) is 9.61. The van der Waals surface area contributed by atoms with Crippen LogP contribution in [-0.4, -0.2) is 17.3 Å². The fourth-order valence-corrected chi connectivity index (χ4v) is 1.58. The Balaban J connectivity index is 2.21. The summed E-state index contributed by atoms with van der Waals surface area (Å²) in [6, 6.07) is 11.1. The first-order valence-electron chi connectivity index (χ1n) is 4.90. The van der Waals surface area contributed by atoms with Crippen molar-refractivity contribution in [2.24, 2.45) is 0 Å². The van der Waals surface area contributed by atoms with Gasteiger partial charge in [-0.1, -0.05) is 11.6 Å². The molecule has 2 aromatic rings. The van der Waals surface area contributed by atoms with E-state index in [4.69, 9.17) is 21.2 Å². The quantitative estimate of drug-likeness (QED) is 0.831. The fraction of sp³-hybridized carbons (Fsp3) is 0.167. The summed E-state index contributed by atoms with van der Waals surface area (Å²) in [7, 11) is 1.57. The first kappa shape index (κ1) is 11.2. The molecule has 3 nitrogen and oxygen atoms in total. The van der Waals surface area contributed by atoms with Crippen LogP contribution in [0.4, 0.5) is 0 Å². The van der Waals surface area contributed by atoms with Crippen LogP contribution >= 0.6 is 11.6 Å². The minimum absolute atomic E-state index is 0.369. The van der Waals surface area contributed by atoms with E-state index in [2.05, 4.69) is 0 Å². The van der Waals surface area contributed by atoms with Crippen molar-refractivity contribution >= 4 is 11.6 Å². The van der Waals surface area contributed by atoms with Crippen molar-refractivity contribution in [3.05, 3.63) is 47.2 Å². The number of nitrogens with zero attached hydrogens (tertiary/aromatic N) is 1. The largest absolute Gasteiger partial charge is 0.460 e. The Kier molecular flexibility index (Phi) is 3.29. The summed E-state index contributed by atoms with van der Waals surface area (Å²) < 4.78 is 5.58. The fourth-order valence-electron chi connectivity index (χ4n) is 1.46. The minimum atomic E-state index is 0.369. The lowest BCUT2D eigenvalue weighted by atomic mass is 10.2. The average molecular weight is 238 g/mol. The molecule has 0 spiro atoms. The Hall–Kier alpha value is -1.29. The first-order valence-corrected chi connectivity index (χ1v) is 5.27. The number of benzene rings is 1. The second kappa shape index (κ2) is 4.70. The Morgan fingerprint density at radius 1 is 1.19 bits per heavy atom. The lowest BCUT2D eigenvalue weighted by Gasteiger charge is -2.04. The maximum Gasteiger partial charge on any atom is 0.134 e. The van der Waals surface area contributed by atoms with E-state index in [0.717, 1.165) is 22.1 Å². The molecule has 0 fully saturated rings. The highest BCUT2D eigenvalue weighted by Gasteiger charge is 2.05. The highest BCUT2D eigenvalue weighted by molar-refractivity contribution is 6.30. The van der Waals surface area contributed by atoms with Gasteiger partial charge in [0.2, 0.25) is 0 Å². The van der Waals surface area contributed by atoms with E-state index in [0.29, 0.717) is 11.6 Å². The van der Waals surface area contributed by atoms with Crippen molar-refractivity contribution in [3.8, 4) is 11.3 Å². The van der Waals surface area contributed by atoms with Crippen LogP contribution in [-0.2, 0) is 6.54 Å². The third kappa shape index (κ3) is 2.64. The van der Waals surface area contributed by atoms with Gasteiger partial charge in [-0.3, -0.25) is 0 Å². The summed E-state index contributed by atoms with van der Waals surface area (Å²) in [4.78, 5) is 0. The summed E-state index contributed by atoms with van der Waals surface area (Å²) in [5, 5.41) is 10.9. The Bertz CT molecular complexity index is 462. The lowest BCUT2D eigenvalue weighted by Crippen LogP contribution is -2.10. The van der Waals surface area contributed by atoms with Gasteiger partial charge in [0.25, 0.3) is 0 Å². The van der Waals surface area contributed by atoms with Crippen molar-refractivity contribution in [2.75, 3.05) is 7.05 Å². The Morgan fingerprint density at radius 2 is 1.88 bits per heavy atom. The number of rotatable bonds is 3. The summed E-state index contributed by atoms with van der Waals surface area (Å²) in [5.41, 5.74) is 0.969. The second-order valence-electron chi connectivity index (χ2n) is 3.59. The van der Waals surface area contributed by atoms with Crippen LogP contribution in [0.5, 0.6) is 0 Å². The van der Waals surface area contributed by atoms with E-state index in [1.54, 1.807) is 7.05 Å². The van der Waals surface area contributed by atoms with Gasteiger partial charge in [-0.15, -0.1) is 0 Å². The van der Waals surface area contributed by atoms with E-state index < -0.39 is 0 Å². The molecule has 16 heavy (non-hydrogen) atoms. The van der Waals surface area contributed by atoms with Crippen molar-refractivity contribution < 1.29 is 9.62 Å². The molecule has 0 saturated carbocycles. The number of hydrogen-bond acceptors (Lipinski definition) is 3. The monoisotopic (exact) mass is 237 g/mol. The molecule has 0 unspecified atom stereocenters. The van der Waals surface area contributed by atoms with Gasteiger partial charge in [-0.2, -0.15) is 5.06 Å². The molecule has 1 heterocycles. The van der Waals surface area contributed by atoms with Gasteiger partial charge in [0.05, 0.1) is 6.54 Å². The number of hydrogen-bond donors (Lipinski definition) is 1. The molecule has 0 bridgehead atoms. The molecule has 1 aromatic heterocycles. The molecule has 0 aliphatic heterocycles. The van der Waals surface area contributed by atoms with E-state index in [9.17, 15) is 0 Å². The highest BCUT2D eigenvalue weighted by atomic mass is 35.5. The van der Waals surface area contributed by atoms with Crippen molar-refractivity contribution in [2.45, 2.75) is 6.54 Å². The van der Waals surface area contributed by atoms with Gasteiger partial charge in [-0.25, -0.2) is 0 Å². The molecule has 0 aliphatic carbocycles. The van der Waals surface area contributed by atoms with Gasteiger partial charge >= 0.3 is 0 Å². The molecule has 0 radical (unpaired) electrons. The smallest absolute Gasteiger partial charge is 0.134 e. The van der Waals surface area contributed by atoms with Gasteiger partial charge < -0.3 is 9.62 Å². The standard InChI is InChI=1S/C12H12ClNO2/c1-14(15)8-11-6-7-12(16-11)9-2-4-10(13)5-3-9/h2-7,15H,8H2,1H3. The number of hydroxylamine groups is 2. The van der Waals surface area contributed by atoms with Gasteiger partial charge in [0, 0.05) is 17.6 Å². The molecule has 1 N–H and O–H groups in total. The zero-order valence-electron chi connectivity index (χ0n) is 8.85. The van der Waals surface area contributed by atoms with E-state index in [1.165, 1.54) is 0 Å². The topological polar surface area (TPSA) is 36.6 Å².